The van der Waals surface area contributed by atoms with E-state index >= 15 is 0 Å². The van der Waals surface area contributed by atoms with Gasteiger partial charge in [0.25, 0.3) is 0 Å². The van der Waals surface area contributed by atoms with Gasteiger partial charge in [-0.3, -0.25) is 0 Å². The third-order valence-corrected chi connectivity index (χ3v) is 4.00. The average Bonchev–Trinajstić information content (AvgIpc) is 2.49. The molecule has 0 saturated heterocycles. The van der Waals surface area contributed by atoms with Crippen LogP contribution in [0.1, 0.15) is 11.1 Å². The Bertz CT molecular complexity index is 591. The number of rotatable bonds is 5. The molecule has 0 fully saturated rings. The highest BCUT2D eigenvalue weighted by Gasteiger charge is 2.08. The highest BCUT2D eigenvalue weighted by molar-refractivity contribution is 14.1. The molecule has 2 aromatic rings. The lowest BCUT2D eigenvalue weighted by Gasteiger charge is -2.10. The van der Waals surface area contributed by atoms with Gasteiger partial charge in [-0.25, -0.2) is 0 Å². The molecule has 0 saturated carbocycles. The van der Waals surface area contributed by atoms with E-state index in [1.54, 1.807) is 14.2 Å². The van der Waals surface area contributed by atoms with Gasteiger partial charge < -0.3 is 9.47 Å². The van der Waals surface area contributed by atoms with Gasteiger partial charge in [0, 0.05) is 3.57 Å². The van der Waals surface area contributed by atoms with E-state index in [9.17, 15) is 0 Å². The fourth-order valence-corrected chi connectivity index (χ4v) is 2.60. The first-order valence-corrected chi connectivity index (χ1v) is 7.44. The minimum absolute atomic E-state index is 0.771. The summed E-state index contributed by atoms with van der Waals surface area (Å²) in [5, 5.41) is 0. The average molecular weight is 380 g/mol. The topological polar surface area (TPSA) is 18.5 Å². The third kappa shape index (κ3) is 3.76. The Kier molecular flexibility index (Phi) is 5.47. The van der Waals surface area contributed by atoms with Gasteiger partial charge in [0.15, 0.2) is 11.5 Å². The van der Waals surface area contributed by atoms with E-state index in [0.717, 1.165) is 17.9 Å². The molecule has 0 aliphatic heterocycles. The number of allylic oxidation sites excluding steroid dienone is 1. The van der Waals surface area contributed by atoms with Crippen molar-refractivity contribution in [1.82, 2.24) is 0 Å². The summed E-state index contributed by atoms with van der Waals surface area (Å²) in [4.78, 5) is 0. The number of hydrogen-bond donors (Lipinski definition) is 0. The zero-order chi connectivity index (χ0) is 14.4. The van der Waals surface area contributed by atoms with Gasteiger partial charge in [-0.15, -0.1) is 0 Å². The predicted octanol–water partition coefficient (Wildman–Crippen LogP) is 4.56. The lowest BCUT2D eigenvalue weighted by atomic mass is 10.1. The molecule has 20 heavy (non-hydrogen) atoms. The molecule has 2 aromatic carbocycles. The summed E-state index contributed by atoms with van der Waals surface area (Å²) in [7, 11) is 3.32. The molecule has 0 aliphatic carbocycles. The maximum atomic E-state index is 5.34. The van der Waals surface area contributed by atoms with Crippen LogP contribution in [-0.4, -0.2) is 14.2 Å². The molecule has 3 heteroatoms. The van der Waals surface area contributed by atoms with Crippen LogP contribution < -0.4 is 9.47 Å². The van der Waals surface area contributed by atoms with Crippen LogP contribution in [0.15, 0.2) is 48.5 Å². The molecule has 0 aromatic heterocycles. The largest absolute Gasteiger partial charge is 0.493 e. The van der Waals surface area contributed by atoms with Crippen molar-refractivity contribution >= 4 is 28.7 Å². The molecule has 0 atom stereocenters. The van der Waals surface area contributed by atoms with Crippen LogP contribution in [0, 0.1) is 3.57 Å². The van der Waals surface area contributed by atoms with Crippen molar-refractivity contribution in [3.05, 3.63) is 63.2 Å². The molecular formula is C17H17IO2. The number of ether oxygens (including phenoxy) is 2. The Hall–Kier alpha value is -1.49. The van der Waals surface area contributed by atoms with Crippen molar-refractivity contribution in [2.45, 2.75) is 6.42 Å². The van der Waals surface area contributed by atoms with Crippen LogP contribution in [0.4, 0.5) is 0 Å². The summed E-state index contributed by atoms with van der Waals surface area (Å²) in [6, 6.07) is 14.3. The van der Waals surface area contributed by atoms with Gasteiger partial charge in [0.05, 0.1) is 14.2 Å². The van der Waals surface area contributed by atoms with E-state index in [1.165, 1.54) is 14.7 Å². The monoisotopic (exact) mass is 380 g/mol. The number of methoxy groups -OCH3 is 2. The van der Waals surface area contributed by atoms with Crippen LogP contribution in [0.3, 0.4) is 0 Å². The Morgan fingerprint density at radius 1 is 1.00 bits per heavy atom. The number of hydrogen-bond acceptors (Lipinski definition) is 2. The van der Waals surface area contributed by atoms with Crippen molar-refractivity contribution in [2.75, 3.05) is 14.2 Å². The van der Waals surface area contributed by atoms with Crippen molar-refractivity contribution < 1.29 is 9.47 Å². The normalized spacial score (nSPS) is 10.8. The second kappa shape index (κ2) is 7.33. The van der Waals surface area contributed by atoms with Crippen molar-refractivity contribution in [2.24, 2.45) is 0 Å². The molecule has 0 aliphatic rings. The van der Waals surface area contributed by atoms with E-state index in [0.29, 0.717) is 0 Å². The van der Waals surface area contributed by atoms with Crippen molar-refractivity contribution in [3.63, 3.8) is 0 Å². The van der Waals surface area contributed by atoms with Crippen molar-refractivity contribution in [3.8, 4) is 11.5 Å². The standard InChI is InChI=1S/C17H17IO2/c1-19-16-11-14(15(18)12-17(16)20-2)10-6-9-13-7-4-3-5-8-13/h3-9,11-12H,10H2,1-2H3/b9-6+. The molecule has 0 unspecified atom stereocenters. The predicted molar refractivity (Wildman–Crippen MR) is 91.4 cm³/mol. The van der Waals surface area contributed by atoms with Gasteiger partial charge in [0.1, 0.15) is 0 Å². The second-order valence-electron chi connectivity index (χ2n) is 4.32. The van der Waals surface area contributed by atoms with E-state index in [1.807, 2.05) is 30.3 Å². The van der Waals surface area contributed by atoms with Crippen LogP contribution in [0.5, 0.6) is 11.5 Å². The lowest BCUT2D eigenvalue weighted by Crippen LogP contribution is -1.95. The first kappa shape index (κ1) is 14.9. The first-order valence-electron chi connectivity index (χ1n) is 6.36. The molecule has 2 nitrogen and oxygen atoms in total. The maximum Gasteiger partial charge on any atom is 0.161 e. The quantitative estimate of drug-likeness (QED) is 0.708. The van der Waals surface area contributed by atoms with E-state index in [4.69, 9.17) is 9.47 Å². The number of benzene rings is 2. The maximum absolute atomic E-state index is 5.34. The Balaban J connectivity index is 2.15. The molecule has 0 amide bonds. The molecular weight excluding hydrogens is 363 g/mol. The Labute approximate surface area is 133 Å². The van der Waals surface area contributed by atoms with Gasteiger partial charge in [-0.05, 0) is 52.3 Å². The minimum atomic E-state index is 0.771. The number of halogens is 1. The first-order chi connectivity index (χ1) is 9.74. The Morgan fingerprint density at radius 2 is 1.65 bits per heavy atom. The fourth-order valence-electron chi connectivity index (χ4n) is 1.94. The van der Waals surface area contributed by atoms with Crippen LogP contribution in [-0.2, 0) is 6.42 Å². The van der Waals surface area contributed by atoms with E-state index < -0.39 is 0 Å². The van der Waals surface area contributed by atoms with Crippen molar-refractivity contribution in [1.29, 1.82) is 0 Å². The minimum Gasteiger partial charge on any atom is -0.493 e. The smallest absolute Gasteiger partial charge is 0.161 e. The summed E-state index contributed by atoms with van der Waals surface area (Å²) < 4.78 is 11.8. The molecule has 2 rings (SSSR count). The summed E-state index contributed by atoms with van der Waals surface area (Å²) in [5.41, 5.74) is 2.44. The molecule has 104 valence electrons. The van der Waals surface area contributed by atoms with E-state index in [-0.39, 0.29) is 0 Å². The van der Waals surface area contributed by atoms with Crippen LogP contribution in [0.2, 0.25) is 0 Å². The summed E-state index contributed by atoms with van der Waals surface area (Å²) in [6.07, 6.45) is 5.17. The van der Waals surface area contributed by atoms with Gasteiger partial charge >= 0.3 is 0 Å². The van der Waals surface area contributed by atoms with Gasteiger partial charge in [0.2, 0.25) is 0 Å². The van der Waals surface area contributed by atoms with Gasteiger partial charge in [-0.1, -0.05) is 42.5 Å². The third-order valence-electron chi connectivity index (χ3n) is 3.00. The van der Waals surface area contributed by atoms with Crippen LogP contribution in [0.25, 0.3) is 6.08 Å². The van der Waals surface area contributed by atoms with Gasteiger partial charge in [-0.2, -0.15) is 0 Å². The summed E-state index contributed by atoms with van der Waals surface area (Å²) in [6.45, 7) is 0. The van der Waals surface area contributed by atoms with E-state index in [2.05, 4.69) is 46.9 Å². The molecule has 0 bridgehead atoms. The Morgan fingerprint density at radius 3 is 2.30 bits per heavy atom. The fraction of sp³-hybridized carbons (Fsp3) is 0.176. The molecule has 0 radical (unpaired) electrons. The highest BCUT2D eigenvalue weighted by atomic mass is 127. The zero-order valence-corrected chi connectivity index (χ0v) is 13.8. The second-order valence-corrected chi connectivity index (χ2v) is 5.48. The molecule has 0 spiro atoms. The summed E-state index contributed by atoms with van der Waals surface area (Å²) >= 11 is 2.33. The molecule has 0 heterocycles. The lowest BCUT2D eigenvalue weighted by molar-refractivity contribution is 0.354. The van der Waals surface area contributed by atoms with Crippen LogP contribution >= 0.6 is 22.6 Å². The molecule has 0 N–H and O–H groups in total. The summed E-state index contributed by atoms with van der Waals surface area (Å²) in [5.74, 6) is 1.55. The highest BCUT2D eigenvalue weighted by Crippen LogP contribution is 2.31. The SMILES string of the molecule is COc1cc(I)c(C/C=C/c2ccccc2)cc1OC. The zero-order valence-electron chi connectivity index (χ0n) is 11.6.